The van der Waals surface area contributed by atoms with Gasteiger partial charge in [-0.25, -0.2) is 5.01 Å². The van der Waals surface area contributed by atoms with Gasteiger partial charge in [0.2, 0.25) is 0 Å². The smallest absolute Gasteiger partial charge is 0.105 e. The Balaban J connectivity index is 1.66. The molecule has 2 atom stereocenters. The van der Waals surface area contributed by atoms with Gasteiger partial charge in [0.1, 0.15) is 5.00 Å². The Morgan fingerprint density at radius 1 is 1.24 bits per heavy atom. The fraction of sp³-hybridized carbons (Fsp3) is 0.412. The Morgan fingerprint density at radius 3 is 2.76 bits per heavy atom. The number of rotatable bonds is 5. The summed E-state index contributed by atoms with van der Waals surface area (Å²) < 4.78 is 0. The van der Waals surface area contributed by atoms with Gasteiger partial charge in [-0.15, -0.1) is 11.3 Å². The number of aliphatic hydroxyl groups is 1. The van der Waals surface area contributed by atoms with E-state index in [-0.39, 0.29) is 12.1 Å². The van der Waals surface area contributed by atoms with Crippen LogP contribution >= 0.6 is 11.3 Å². The number of aliphatic hydroxyl groups excluding tert-OH is 1. The second-order valence-electron chi connectivity index (χ2n) is 5.59. The van der Waals surface area contributed by atoms with Crippen molar-refractivity contribution in [2.75, 3.05) is 18.6 Å². The van der Waals surface area contributed by atoms with Gasteiger partial charge in [-0.05, 0) is 42.3 Å². The number of hydrogen-bond acceptors (Lipinski definition) is 4. The van der Waals surface area contributed by atoms with Crippen LogP contribution < -0.4 is 5.01 Å². The van der Waals surface area contributed by atoms with Gasteiger partial charge in [0.25, 0.3) is 0 Å². The molecule has 0 spiro atoms. The van der Waals surface area contributed by atoms with Crippen molar-refractivity contribution in [3.8, 4) is 0 Å². The fourth-order valence-corrected chi connectivity index (χ4v) is 3.79. The molecule has 2 unspecified atom stereocenters. The van der Waals surface area contributed by atoms with Crippen LogP contribution in [-0.2, 0) is 6.42 Å². The zero-order valence-electron chi connectivity index (χ0n) is 12.4. The molecular formula is C17H22N2OS. The van der Waals surface area contributed by atoms with Gasteiger partial charge in [-0.2, -0.15) is 0 Å². The summed E-state index contributed by atoms with van der Waals surface area (Å²) in [5.41, 5.74) is 1.34. The molecule has 3 nitrogen and oxygen atoms in total. The lowest BCUT2D eigenvalue weighted by Gasteiger charge is -2.34. The second kappa shape index (κ2) is 6.60. The highest BCUT2D eigenvalue weighted by Gasteiger charge is 2.35. The van der Waals surface area contributed by atoms with Crippen molar-refractivity contribution >= 4 is 16.3 Å². The van der Waals surface area contributed by atoms with E-state index in [9.17, 15) is 5.11 Å². The van der Waals surface area contributed by atoms with Gasteiger partial charge in [0.05, 0.1) is 12.1 Å². The number of hydrazine groups is 1. The maximum atomic E-state index is 10.3. The van der Waals surface area contributed by atoms with E-state index < -0.39 is 0 Å². The van der Waals surface area contributed by atoms with Gasteiger partial charge in [0.15, 0.2) is 0 Å². The van der Waals surface area contributed by atoms with E-state index in [1.54, 1.807) is 11.3 Å². The van der Waals surface area contributed by atoms with Crippen LogP contribution in [0.5, 0.6) is 0 Å². The molecule has 112 valence electrons. The summed E-state index contributed by atoms with van der Waals surface area (Å²) in [4.78, 5) is 0. The largest absolute Gasteiger partial charge is 0.391 e. The van der Waals surface area contributed by atoms with Crippen molar-refractivity contribution in [3.63, 3.8) is 0 Å². The summed E-state index contributed by atoms with van der Waals surface area (Å²) in [6.07, 6.45) is 2.63. The van der Waals surface area contributed by atoms with E-state index in [2.05, 4.69) is 58.8 Å². The van der Waals surface area contributed by atoms with E-state index in [1.807, 2.05) is 6.07 Å². The standard InChI is InChI=1S/C17H22N2OS/c1-18(17-8-5-13-21-17)19-12-11-16(20)15(19)10-9-14-6-3-2-4-7-14/h2-8,13,15-16,20H,9-12H2,1H3. The molecule has 0 saturated carbocycles. The van der Waals surface area contributed by atoms with Crippen LogP contribution in [0.3, 0.4) is 0 Å². The molecule has 0 aliphatic carbocycles. The lowest BCUT2D eigenvalue weighted by molar-refractivity contribution is 0.107. The Kier molecular flexibility index (Phi) is 4.58. The number of nitrogens with zero attached hydrogens (tertiary/aromatic N) is 2. The fourth-order valence-electron chi connectivity index (χ4n) is 3.08. The van der Waals surface area contributed by atoms with Crippen LogP contribution in [0.15, 0.2) is 47.8 Å². The Bertz CT molecular complexity index is 543. The average molecular weight is 302 g/mol. The molecule has 1 N–H and O–H groups in total. The molecule has 1 aliphatic heterocycles. The molecule has 21 heavy (non-hydrogen) atoms. The highest BCUT2D eigenvalue weighted by Crippen LogP contribution is 2.29. The minimum atomic E-state index is -0.226. The predicted octanol–water partition coefficient (Wildman–Crippen LogP) is 3.17. The first-order valence-corrected chi connectivity index (χ1v) is 8.39. The average Bonchev–Trinajstić information content (AvgIpc) is 3.15. The van der Waals surface area contributed by atoms with Crippen LogP contribution in [0.4, 0.5) is 5.00 Å². The predicted molar refractivity (Wildman–Crippen MR) is 88.6 cm³/mol. The van der Waals surface area contributed by atoms with Crippen LogP contribution in [0.25, 0.3) is 0 Å². The van der Waals surface area contributed by atoms with E-state index in [1.165, 1.54) is 10.6 Å². The van der Waals surface area contributed by atoms with E-state index in [0.717, 1.165) is 25.8 Å². The third-order valence-electron chi connectivity index (χ3n) is 4.26. The lowest BCUT2D eigenvalue weighted by Crippen LogP contribution is -2.46. The molecule has 1 saturated heterocycles. The van der Waals surface area contributed by atoms with Crippen molar-refractivity contribution in [2.24, 2.45) is 0 Å². The zero-order chi connectivity index (χ0) is 14.7. The maximum absolute atomic E-state index is 10.3. The highest BCUT2D eigenvalue weighted by molar-refractivity contribution is 7.14. The molecule has 1 aromatic heterocycles. The van der Waals surface area contributed by atoms with Crippen molar-refractivity contribution in [3.05, 3.63) is 53.4 Å². The van der Waals surface area contributed by atoms with Gasteiger partial charge in [0, 0.05) is 13.6 Å². The van der Waals surface area contributed by atoms with Crippen molar-refractivity contribution in [1.82, 2.24) is 5.01 Å². The zero-order valence-corrected chi connectivity index (χ0v) is 13.2. The first kappa shape index (κ1) is 14.6. The van der Waals surface area contributed by atoms with Gasteiger partial charge < -0.3 is 5.11 Å². The minimum absolute atomic E-state index is 0.206. The second-order valence-corrected chi connectivity index (χ2v) is 6.51. The molecule has 1 fully saturated rings. The lowest BCUT2D eigenvalue weighted by atomic mass is 10.0. The van der Waals surface area contributed by atoms with Gasteiger partial charge in [-0.3, -0.25) is 5.01 Å². The number of hydrogen-bond donors (Lipinski definition) is 1. The molecule has 2 aromatic rings. The Labute approximate surface area is 130 Å². The quantitative estimate of drug-likeness (QED) is 0.919. The normalized spacial score (nSPS) is 22.6. The number of benzene rings is 1. The molecule has 3 rings (SSSR count). The summed E-state index contributed by atoms with van der Waals surface area (Å²) in [6, 6.07) is 14.9. The molecule has 1 aromatic carbocycles. The SMILES string of the molecule is CN(c1cccs1)N1CCC(O)C1CCc1ccccc1. The minimum Gasteiger partial charge on any atom is -0.391 e. The number of anilines is 1. The van der Waals surface area contributed by atoms with Crippen molar-refractivity contribution in [2.45, 2.75) is 31.4 Å². The van der Waals surface area contributed by atoms with Crippen molar-refractivity contribution < 1.29 is 5.11 Å². The highest BCUT2D eigenvalue weighted by atomic mass is 32.1. The molecule has 1 aliphatic rings. The number of aryl methyl sites for hydroxylation is 1. The summed E-state index contributed by atoms with van der Waals surface area (Å²) in [5, 5.41) is 18.2. The third kappa shape index (κ3) is 3.28. The van der Waals surface area contributed by atoms with Crippen molar-refractivity contribution in [1.29, 1.82) is 0 Å². The van der Waals surface area contributed by atoms with E-state index in [4.69, 9.17) is 0 Å². The number of thiophene rings is 1. The summed E-state index contributed by atoms with van der Waals surface area (Å²) in [7, 11) is 2.10. The van der Waals surface area contributed by atoms with Crippen LogP contribution in [0.1, 0.15) is 18.4 Å². The Hall–Kier alpha value is -1.36. The summed E-state index contributed by atoms with van der Waals surface area (Å²) in [5.74, 6) is 0. The first-order chi connectivity index (χ1) is 10.3. The van der Waals surface area contributed by atoms with Gasteiger partial charge in [-0.1, -0.05) is 30.3 Å². The molecule has 2 heterocycles. The monoisotopic (exact) mass is 302 g/mol. The van der Waals surface area contributed by atoms with Gasteiger partial charge >= 0.3 is 0 Å². The molecule has 0 radical (unpaired) electrons. The molecule has 4 heteroatoms. The summed E-state index contributed by atoms with van der Waals surface area (Å²) >= 11 is 1.74. The molecule has 0 bridgehead atoms. The topological polar surface area (TPSA) is 26.7 Å². The van der Waals surface area contributed by atoms with Crippen LogP contribution in [-0.4, -0.2) is 35.9 Å². The van der Waals surface area contributed by atoms with E-state index in [0.29, 0.717) is 0 Å². The first-order valence-electron chi connectivity index (χ1n) is 7.51. The molecular weight excluding hydrogens is 280 g/mol. The van der Waals surface area contributed by atoms with Crippen LogP contribution in [0.2, 0.25) is 0 Å². The summed E-state index contributed by atoms with van der Waals surface area (Å²) in [6.45, 7) is 0.926. The van der Waals surface area contributed by atoms with E-state index >= 15 is 0 Å². The maximum Gasteiger partial charge on any atom is 0.105 e. The molecule has 0 amide bonds. The Morgan fingerprint density at radius 2 is 2.05 bits per heavy atom. The third-order valence-corrected chi connectivity index (χ3v) is 5.20. The van der Waals surface area contributed by atoms with Crippen LogP contribution in [0, 0.1) is 0 Å².